The van der Waals surface area contributed by atoms with Crippen LogP contribution in [0.1, 0.15) is 11.3 Å². The molecule has 3 heterocycles. The number of halogens is 1. The van der Waals surface area contributed by atoms with Crippen molar-refractivity contribution in [1.29, 1.82) is 0 Å². The summed E-state index contributed by atoms with van der Waals surface area (Å²) in [5.41, 5.74) is 7.94. The molecule has 3 N–H and O–H groups in total. The maximum absolute atomic E-state index is 13.7. The van der Waals surface area contributed by atoms with Gasteiger partial charge in [0.05, 0.1) is 12.4 Å². The average Bonchev–Trinajstić information content (AvgIpc) is 3.20. The van der Waals surface area contributed by atoms with E-state index in [1.807, 2.05) is 0 Å². The molecule has 3 aromatic heterocycles. The molecule has 11 heteroatoms. The molecule has 0 fully saturated rings. The Hall–Kier alpha value is -3.75. The third kappa shape index (κ3) is 5.11. The number of nitrogens with zero attached hydrogens (tertiary/aromatic N) is 3. The van der Waals surface area contributed by atoms with E-state index in [1.165, 1.54) is 18.3 Å². The maximum Gasteiger partial charge on any atom is 0.415 e. The molecule has 1 aromatic carbocycles. The van der Waals surface area contributed by atoms with Crippen LogP contribution >= 0.6 is 7.60 Å². The van der Waals surface area contributed by atoms with Gasteiger partial charge < -0.3 is 14.2 Å². The van der Waals surface area contributed by atoms with Crippen LogP contribution in [0.25, 0.3) is 11.3 Å². The van der Waals surface area contributed by atoms with Gasteiger partial charge in [0.25, 0.3) is 0 Å². The summed E-state index contributed by atoms with van der Waals surface area (Å²) in [5, 5.41) is 4.04. The van der Waals surface area contributed by atoms with Gasteiger partial charge in [-0.3, -0.25) is 10.4 Å². The highest BCUT2D eigenvalue weighted by Crippen LogP contribution is 2.31. The van der Waals surface area contributed by atoms with Crippen molar-refractivity contribution in [3.63, 3.8) is 0 Å². The second-order valence-corrected chi connectivity index (χ2v) is 8.68. The van der Waals surface area contributed by atoms with Crippen molar-refractivity contribution in [3.05, 3.63) is 84.1 Å². The molecule has 0 saturated carbocycles. The van der Waals surface area contributed by atoms with Crippen molar-refractivity contribution in [2.45, 2.75) is 6.42 Å². The highest BCUT2D eigenvalue weighted by molar-refractivity contribution is 7.51. The molecule has 0 aliphatic rings. The molecule has 0 amide bonds. The van der Waals surface area contributed by atoms with Crippen molar-refractivity contribution in [1.82, 2.24) is 10.1 Å². The lowest BCUT2D eigenvalue weighted by Crippen LogP contribution is -2.43. The first-order valence-corrected chi connectivity index (χ1v) is 11.4. The third-order valence-electron chi connectivity index (χ3n) is 4.30. The Balaban J connectivity index is 1.47. The van der Waals surface area contributed by atoms with E-state index < -0.39 is 13.4 Å². The molecule has 0 aliphatic heterocycles. The van der Waals surface area contributed by atoms with Crippen LogP contribution in [0.3, 0.4) is 0 Å². The van der Waals surface area contributed by atoms with E-state index in [0.29, 0.717) is 23.4 Å². The normalized spacial score (nSPS) is 12.8. The molecule has 32 heavy (non-hydrogen) atoms. The van der Waals surface area contributed by atoms with Gasteiger partial charge in [0.1, 0.15) is 11.8 Å². The van der Waals surface area contributed by atoms with Gasteiger partial charge in [0.15, 0.2) is 17.3 Å². The summed E-state index contributed by atoms with van der Waals surface area (Å²) < 4.78 is 42.0. The second kappa shape index (κ2) is 8.78. The standard InChI is InChI=1S/C21H18FN4O5P/c1-32(27,28)31-26-10-4-5-16(21(26)23)19-12-15(25-30-19)11-14-8-9-20(24-13-14)29-18-7-3-2-6-17(18)22/h2-10,12-13,23H,11H2,1H3,(H,27,28)/p+1. The molecule has 0 bridgehead atoms. The number of hydrogen-bond donors (Lipinski definition) is 2. The zero-order valence-electron chi connectivity index (χ0n) is 16.9. The first-order chi connectivity index (χ1) is 15.3. The predicted octanol–water partition coefficient (Wildman–Crippen LogP) is 3.37. The Morgan fingerprint density at radius 3 is 2.75 bits per heavy atom. The van der Waals surface area contributed by atoms with Gasteiger partial charge in [-0.2, -0.15) is 0 Å². The van der Waals surface area contributed by atoms with E-state index in [4.69, 9.17) is 19.6 Å². The van der Waals surface area contributed by atoms with Crippen molar-refractivity contribution < 1.29 is 32.5 Å². The van der Waals surface area contributed by atoms with E-state index in [-0.39, 0.29) is 17.4 Å². The maximum atomic E-state index is 13.7. The highest BCUT2D eigenvalue weighted by atomic mass is 31.2. The van der Waals surface area contributed by atoms with Crippen LogP contribution in [0.5, 0.6) is 11.6 Å². The number of nitrogen functional groups attached to an aromatic ring is 1. The van der Waals surface area contributed by atoms with Crippen molar-refractivity contribution in [3.8, 4) is 23.0 Å². The van der Waals surface area contributed by atoms with Crippen molar-refractivity contribution >= 4 is 13.4 Å². The van der Waals surface area contributed by atoms with Gasteiger partial charge in [0, 0.05) is 24.8 Å². The number of rotatable bonds is 7. The lowest BCUT2D eigenvalue weighted by molar-refractivity contribution is -0.847. The second-order valence-electron chi connectivity index (χ2n) is 6.91. The number of benzene rings is 1. The molecule has 0 spiro atoms. The van der Waals surface area contributed by atoms with Crippen LogP contribution in [0, 0.1) is 5.82 Å². The van der Waals surface area contributed by atoms with Gasteiger partial charge >= 0.3 is 13.4 Å². The van der Waals surface area contributed by atoms with Crippen LogP contribution in [0.15, 0.2) is 71.5 Å². The molecular weight excluding hydrogens is 438 g/mol. The fourth-order valence-corrected chi connectivity index (χ4v) is 3.36. The van der Waals surface area contributed by atoms with Gasteiger partial charge in [-0.15, -0.1) is 0 Å². The minimum atomic E-state index is -3.80. The van der Waals surface area contributed by atoms with Crippen LogP contribution in [-0.2, 0) is 11.0 Å². The number of hydrogen-bond acceptors (Lipinski definition) is 7. The molecule has 0 radical (unpaired) electrons. The van der Waals surface area contributed by atoms with E-state index in [9.17, 15) is 13.8 Å². The average molecular weight is 457 g/mol. The number of ether oxygens (including phenoxy) is 1. The first-order valence-electron chi connectivity index (χ1n) is 9.42. The summed E-state index contributed by atoms with van der Waals surface area (Å²) in [6.45, 7) is 1.05. The number of pyridine rings is 2. The molecule has 4 aromatic rings. The van der Waals surface area contributed by atoms with E-state index in [0.717, 1.165) is 17.0 Å². The van der Waals surface area contributed by atoms with E-state index >= 15 is 0 Å². The summed E-state index contributed by atoms with van der Waals surface area (Å²) in [7, 11) is -3.80. The van der Waals surface area contributed by atoms with Crippen LogP contribution in [-0.4, -0.2) is 21.7 Å². The zero-order valence-corrected chi connectivity index (χ0v) is 17.8. The van der Waals surface area contributed by atoms with Crippen molar-refractivity contribution in [2.75, 3.05) is 12.4 Å². The summed E-state index contributed by atoms with van der Waals surface area (Å²) in [6, 6.07) is 14.5. The SMILES string of the molecule is CP(=O)(O)O[n+]1cccc(-c2cc(Cc3ccc(Oc4ccccc4F)nc3)no2)c1N. The van der Waals surface area contributed by atoms with E-state index in [2.05, 4.69) is 10.1 Å². The van der Waals surface area contributed by atoms with Crippen LogP contribution < -0.4 is 19.8 Å². The quantitative estimate of drug-likeness (QED) is 0.320. The molecule has 4 rings (SSSR count). The van der Waals surface area contributed by atoms with Crippen LogP contribution in [0.2, 0.25) is 0 Å². The highest BCUT2D eigenvalue weighted by Gasteiger charge is 2.23. The minimum absolute atomic E-state index is 0.0858. The first kappa shape index (κ1) is 21.5. The van der Waals surface area contributed by atoms with Gasteiger partial charge in [-0.25, -0.2) is 13.9 Å². The summed E-state index contributed by atoms with van der Waals surface area (Å²) in [4.78, 5) is 13.6. The van der Waals surface area contributed by atoms with Gasteiger partial charge in [-0.1, -0.05) is 23.4 Å². The topological polar surface area (TPSA) is 125 Å². The van der Waals surface area contributed by atoms with Crippen LogP contribution in [0.4, 0.5) is 10.2 Å². The van der Waals surface area contributed by atoms with Crippen molar-refractivity contribution in [2.24, 2.45) is 0 Å². The Labute approximate surface area is 182 Å². The Morgan fingerprint density at radius 2 is 2.03 bits per heavy atom. The number of aromatic nitrogens is 3. The molecular formula is C21H19FN4O5P+. The zero-order chi connectivity index (χ0) is 22.7. The van der Waals surface area contributed by atoms with Gasteiger partial charge in [-0.05, 0) is 34.6 Å². The monoisotopic (exact) mass is 457 g/mol. The largest absolute Gasteiger partial charge is 0.436 e. The number of nitrogens with two attached hydrogens (primary N) is 1. The molecule has 1 unspecified atom stereocenters. The molecule has 164 valence electrons. The lowest BCUT2D eigenvalue weighted by atomic mass is 10.1. The smallest absolute Gasteiger partial charge is 0.415 e. The Morgan fingerprint density at radius 1 is 1.22 bits per heavy atom. The number of anilines is 1. The minimum Gasteiger partial charge on any atom is -0.436 e. The molecule has 0 saturated heterocycles. The summed E-state index contributed by atoms with van der Waals surface area (Å²) in [6.07, 6.45) is 3.43. The van der Waals surface area contributed by atoms with Gasteiger partial charge in [0.2, 0.25) is 5.88 Å². The van der Waals surface area contributed by atoms with E-state index in [1.54, 1.807) is 48.7 Å². The number of para-hydroxylation sites is 1. The summed E-state index contributed by atoms with van der Waals surface area (Å²) in [5.74, 6) is 0.338. The Kier molecular flexibility index (Phi) is 5.89. The third-order valence-corrected chi connectivity index (χ3v) is 4.77. The fraction of sp³-hybridized carbons (Fsp3) is 0.0952. The molecule has 0 aliphatic carbocycles. The lowest BCUT2D eigenvalue weighted by Gasteiger charge is -2.07. The summed E-state index contributed by atoms with van der Waals surface area (Å²) >= 11 is 0. The Bertz CT molecular complexity index is 1290. The molecule has 9 nitrogen and oxygen atoms in total. The molecule has 1 atom stereocenters. The fourth-order valence-electron chi connectivity index (χ4n) is 2.89. The predicted molar refractivity (Wildman–Crippen MR) is 112 cm³/mol.